The van der Waals surface area contributed by atoms with Crippen LogP contribution in [0.5, 0.6) is 0 Å². The van der Waals surface area contributed by atoms with Crippen LogP contribution >= 0.6 is 35.7 Å². The van der Waals surface area contributed by atoms with Gasteiger partial charge in [0.25, 0.3) is 0 Å². The quantitative estimate of drug-likeness (QED) is 0.503. The van der Waals surface area contributed by atoms with Crippen molar-refractivity contribution in [2.75, 3.05) is 6.26 Å². The zero-order valence-electron chi connectivity index (χ0n) is 4.29. The van der Waals surface area contributed by atoms with Crippen LogP contribution in [-0.2, 0) is 0 Å². The van der Waals surface area contributed by atoms with Crippen LogP contribution < -0.4 is 0 Å². The van der Waals surface area contributed by atoms with Crippen molar-refractivity contribution < 1.29 is 0 Å². The molecule has 1 heterocycles. The van der Waals surface area contributed by atoms with E-state index in [4.69, 9.17) is 0 Å². The van der Waals surface area contributed by atoms with Crippen LogP contribution in [0, 0.1) is 0 Å². The second kappa shape index (κ2) is 2.75. The minimum atomic E-state index is 0.981. The normalized spacial score (nSPS) is 9.75. The number of hydrogen-bond donors (Lipinski definition) is 1. The lowest BCUT2D eigenvalue weighted by atomic mass is 11.0. The summed E-state index contributed by atoms with van der Waals surface area (Å²) < 4.78 is 2.06. The third kappa shape index (κ3) is 1.40. The highest BCUT2D eigenvalue weighted by Gasteiger charge is 1.92. The first kappa shape index (κ1) is 6.45. The smallest absolute Gasteiger partial charge is 0.150 e. The summed E-state index contributed by atoms with van der Waals surface area (Å²) >= 11 is 7.35. The first-order valence-electron chi connectivity index (χ1n) is 2.01. The van der Waals surface area contributed by atoms with Gasteiger partial charge in [0.1, 0.15) is 0 Å². The van der Waals surface area contributed by atoms with E-state index in [1.807, 2.05) is 6.26 Å². The molecule has 0 aliphatic heterocycles. The van der Waals surface area contributed by atoms with Gasteiger partial charge in [0.05, 0.1) is 10.4 Å². The lowest BCUT2D eigenvalue weighted by Gasteiger charge is -1.77. The Balaban J connectivity index is 2.84. The minimum absolute atomic E-state index is 0.981. The third-order valence-electron chi connectivity index (χ3n) is 0.647. The highest BCUT2D eigenvalue weighted by Crippen LogP contribution is 2.23. The van der Waals surface area contributed by atoms with Crippen molar-refractivity contribution >= 4 is 35.7 Å². The molecule has 44 valence electrons. The van der Waals surface area contributed by atoms with E-state index in [0.717, 1.165) is 8.55 Å². The summed E-state index contributed by atoms with van der Waals surface area (Å²) in [5, 5.41) is 0. The molecule has 0 amide bonds. The highest BCUT2D eigenvalue weighted by atomic mass is 32.2. The fourth-order valence-corrected chi connectivity index (χ4v) is 2.00. The molecular formula is C4H5NS3. The third-order valence-corrected chi connectivity index (χ3v) is 2.84. The summed E-state index contributed by atoms with van der Waals surface area (Å²) in [6.07, 6.45) is 3.77. The van der Waals surface area contributed by atoms with Crippen molar-refractivity contribution in [1.29, 1.82) is 0 Å². The number of hydrogen-bond acceptors (Lipinski definition) is 4. The van der Waals surface area contributed by atoms with E-state index >= 15 is 0 Å². The van der Waals surface area contributed by atoms with Gasteiger partial charge in [0, 0.05) is 0 Å². The summed E-state index contributed by atoms with van der Waals surface area (Å²) in [6.45, 7) is 0. The minimum Gasteiger partial charge on any atom is -0.237 e. The number of nitrogens with zero attached hydrogens (tertiary/aromatic N) is 1. The zero-order valence-corrected chi connectivity index (χ0v) is 6.82. The van der Waals surface area contributed by atoms with E-state index in [1.54, 1.807) is 29.3 Å². The molecule has 0 unspecified atom stereocenters. The molecule has 0 saturated carbocycles. The lowest BCUT2D eigenvalue weighted by molar-refractivity contribution is 1.24. The Morgan fingerprint density at radius 3 is 2.88 bits per heavy atom. The van der Waals surface area contributed by atoms with E-state index in [-0.39, 0.29) is 0 Å². The lowest BCUT2D eigenvalue weighted by Crippen LogP contribution is -1.57. The van der Waals surface area contributed by atoms with E-state index in [9.17, 15) is 0 Å². The summed E-state index contributed by atoms with van der Waals surface area (Å²) in [5.41, 5.74) is 0. The second-order valence-corrected chi connectivity index (χ2v) is 4.04. The molecular weight excluding hydrogens is 158 g/mol. The molecule has 8 heavy (non-hydrogen) atoms. The molecule has 0 spiro atoms. The monoisotopic (exact) mass is 163 g/mol. The van der Waals surface area contributed by atoms with Crippen LogP contribution in [-0.4, -0.2) is 11.2 Å². The molecule has 0 radical (unpaired) electrons. The maximum absolute atomic E-state index is 4.10. The Bertz CT molecular complexity index is 172. The number of rotatable bonds is 1. The first-order valence-corrected chi connectivity index (χ1v) is 4.50. The fourth-order valence-electron chi connectivity index (χ4n) is 0.344. The van der Waals surface area contributed by atoms with Gasteiger partial charge < -0.3 is 0 Å². The summed E-state index contributed by atoms with van der Waals surface area (Å²) in [7, 11) is 0. The number of thiol groups is 1. The first-order chi connectivity index (χ1) is 3.83. The van der Waals surface area contributed by atoms with E-state index < -0.39 is 0 Å². The van der Waals surface area contributed by atoms with Gasteiger partial charge in [0.15, 0.2) is 4.34 Å². The summed E-state index contributed by atoms with van der Waals surface area (Å²) in [6, 6.07) is 0. The van der Waals surface area contributed by atoms with E-state index in [2.05, 4.69) is 17.6 Å². The van der Waals surface area contributed by atoms with Gasteiger partial charge >= 0.3 is 0 Å². The molecule has 0 aliphatic carbocycles. The van der Waals surface area contributed by atoms with Crippen LogP contribution in [0.15, 0.2) is 14.7 Å². The highest BCUT2D eigenvalue weighted by molar-refractivity contribution is 8.00. The molecule has 1 aromatic rings. The van der Waals surface area contributed by atoms with E-state index in [1.165, 1.54) is 0 Å². The van der Waals surface area contributed by atoms with Crippen molar-refractivity contribution in [3.63, 3.8) is 0 Å². The largest absolute Gasteiger partial charge is 0.237 e. The zero-order chi connectivity index (χ0) is 5.98. The molecule has 0 bridgehead atoms. The average Bonchev–Trinajstić information content (AvgIpc) is 2.14. The second-order valence-electron chi connectivity index (χ2n) is 1.17. The number of aromatic nitrogens is 1. The van der Waals surface area contributed by atoms with Crippen molar-refractivity contribution in [3.05, 3.63) is 6.20 Å². The Kier molecular flexibility index (Phi) is 2.22. The Hall–Kier alpha value is 0.330. The predicted molar refractivity (Wildman–Crippen MR) is 41.1 cm³/mol. The molecule has 0 N–H and O–H groups in total. The summed E-state index contributed by atoms with van der Waals surface area (Å²) in [4.78, 5) is 4.04. The Morgan fingerprint density at radius 2 is 2.62 bits per heavy atom. The number of thiazole rings is 1. The molecule has 0 aromatic carbocycles. The van der Waals surface area contributed by atoms with Gasteiger partial charge in [0.2, 0.25) is 0 Å². The number of thioether (sulfide) groups is 1. The van der Waals surface area contributed by atoms with Crippen molar-refractivity contribution in [2.45, 2.75) is 8.55 Å². The van der Waals surface area contributed by atoms with Gasteiger partial charge in [-0.2, -0.15) is 0 Å². The van der Waals surface area contributed by atoms with Crippen LogP contribution in [0.2, 0.25) is 0 Å². The van der Waals surface area contributed by atoms with Crippen LogP contribution in [0.25, 0.3) is 0 Å². The van der Waals surface area contributed by atoms with E-state index in [0.29, 0.717) is 0 Å². The molecule has 0 saturated heterocycles. The summed E-state index contributed by atoms with van der Waals surface area (Å²) in [5.74, 6) is 0. The van der Waals surface area contributed by atoms with Gasteiger partial charge in [-0.25, -0.2) is 4.98 Å². The topological polar surface area (TPSA) is 12.9 Å². The van der Waals surface area contributed by atoms with Crippen molar-refractivity contribution in [3.8, 4) is 0 Å². The molecule has 1 rings (SSSR count). The molecule has 0 atom stereocenters. The molecule has 1 nitrogen and oxygen atoms in total. The maximum Gasteiger partial charge on any atom is 0.150 e. The molecule has 1 aromatic heterocycles. The van der Waals surface area contributed by atoms with Crippen molar-refractivity contribution in [1.82, 2.24) is 4.98 Å². The standard InChI is InChI=1S/C4H5NS3/c1-7-4-5-2-3(6)8-4/h2,6H,1H3. The predicted octanol–water partition coefficient (Wildman–Crippen LogP) is 2.15. The van der Waals surface area contributed by atoms with Crippen LogP contribution in [0.4, 0.5) is 0 Å². The molecule has 0 aliphatic rings. The average molecular weight is 163 g/mol. The molecule has 0 fully saturated rings. The Morgan fingerprint density at radius 1 is 1.88 bits per heavy atom. The fraction of sp³-hybridized carbons (Fsp3) is 0.250. The van der Waals surface area contributed by atoms with Gasteiger partial charge in [-0.3, -0.25) is 0 Å². The maximum atomic E-state index is 4.10. The molecule has 4 heteroatoms. The van der Waals surface area contributed by atoms with Gasteiger partial charge in [-0.1, -0.05) is 11.8 Å². The van der Waals surface area contributed by atoms with Crippen molar-refractivity contribution in [2.24, 2.45) is 0 Å². The Labute approximate surface area is 61.9 Å². The van der Waals surface area contributed by atoms with Crippen LogP contribution in [0.1, 0.15) is 0 Å². The van der Waals surface area contributed by atoms with Gasteiger partial charge in [-0.05, 0) is 6.26 Å². The SMILES string of the molecule is CSc1ncc(S)s1. The van der Waals surface area contributed by atoms with Crippen LogP contribution in [0.3, 0.4) is 0 Å². The van der Waals surface area contributed by atoms with Gasteiger partial charge in [-0.15, -0.1) is 24.0 Å².